The number of hydrogen-bond donors (Lipinski definition) is 0. The van der Waals surface area contributed by atoms with Gasteiger partial charge in [-0.15, -0.1) is 0 Å². The summed E-state index contributed by atoms with van der Waals surface area (Å²) in [4.78, 5) is 18.8. The number of rotatable bonds is 5. The lowest BCUT2D eigenvalue weighted by Crippen LogP contribution is -2.20. The fourth-order valence-corrected chi connectivity index (χ4v) is 4.53. The Morgan fingerprint density at radius 1 is 0.893 bits per heavy atom. The van der Waals surface area contributed by atoms with Crippen LogP contribution in [0, 0.1) is 0 Å². The minimum absolute atomic E-state index is 0.131. The highest BCUT2D eigenvalue weighted by Crippen LogP contribution is 2.26. The molecule has 1 aromatic heterocycles. The average molecular weight is 387 g/mol. The van der Waals surface area contributed by atoms with Gasteiger partial charge < -0.3 is 4.57 Å². The van der Waals surface area contributed by atoms with Crippen LogP contribution in [0.2, 0.25) is 0 Å². The van der Waals surface area contributed by atoms with Crippen LogP contribution in [0.25, 0.3) is 10.2 Å². The molecule has 1 amide bonds. The van der Waals surface area contributed by atoms with E-state index in [1.165, 1.54) is 0 Å². The summed E-state index contributed by atoms with van der Waals surface area (Å²) in [6.45, 7) is 2.99. The number of carbonyl (C=O) groups is 1. The van der Waals surface area contributed by atoms with Gasteiger partial charge in [0.25, 0.3) is 5.91 Å². The second kappa shape index (κ2) is 8.36. The predicted molar refractivity (Wildman–Crippen MR) is 115 cm³/mol. The molecule has 0 bridgehead atoms. The molecule has 0 atom stereocenters. The first kappa shape index (κ1) is 18.4. The van der Waals surface area contributed by atoms with E-state index in [-0.39, 0.29) is 5.91 Å². The summed E-state index contributed by atoms with van der Waals surface area (Å²) in [5.41, 5.74) is 3.06. The van der Waals surface area contributed by atoms with Crippen LogP contribution in [-0.2, 0) is 11.3 Å². The monoisotopic (exact) mass is 386 g/mol. The Kier molecular flexibility index (Phi) is 5.49. The zero-order valence-electron chi connectivity index (χ0n) is 15.8. The van der Waals surface area contributed by atoms with Gasteiger partial charge in [0.2, 0.25) is 0 Å². The number of carbonyl (C=O) groups excluding carboxylic acids is 1. The van der Waals surface area contributed by atoms with Crippen LogP contribution < -0.4 is 4.80 Å². The Balaban J connectivity index is 1.84. The number of hydrogen-bond acceptors (Lipinski definition) is 2. The highest BCUT2D eigenvalue weighted by Gasteiger charge is 2.22. The van der Waals surface area contributed by atoms with Crippen LogP contribution in [-0.4, -0.2) is 10.5 Å². The zero-order chi connectivity index (χ0) is 19.3. The number of aryl methyl sites for hydroxylation is 1. The highest BCUT2D eigenvalue weighted by atomic mass is 32.1. The Labute approximate surface area is 168 Å². The van der Waals surface area contributed by atoms with Gasteiger partial charge in [-0.1, -0.05) is 91.1 Å². The van der Waals surface area contributed by atoms with Crippen LogP contribution in [0.3, 0.4) is 0 Å². The molecular formula is C24H22N2OS. The molecule has 28 heavy (non-hydrogen) atoms. The number of thiazole rings is 1. The fourth-order valence-electron chi connectivity index (χ4n) is 3.47. The molecule has 0 radical (unpaired) electrons. The molecule has 0 aliphatic carbocycles. The summed E-state index contributed by atoms with van der Waals surface area (Å²) in [6.07, 6.45) is 0.989. The number of benzene rings is 3. The van der Waals surface area contributed by atoms with Crippen LogP contribution in [0.4, 0.5) is 0 Å². The Morgan fingerprint density at radius 2 is 1.46 bits per heavy atom. The molecule has 3 aromatic carbocycles. The minimum atomic E-state index is -0.400. The van der Waals surface area contributed by atoms with E-state index in [9.17, 15) is 4.79 Å². The summed E-state index contributed by atoms with van der Waals surface area (Å²) in [7, 11) is 0. The van der Waals surface area contributed by atoms with Crippen LogP contribution in [0.15, 0.2) is 89.9 Å². The lowest BCUT2D eigenvalue weighted by atomic mass is 9.91. The summed E-state index contributed by atoms with van der Waals surface area (Å²) in [6, 6.07) is 28.0. The second-order valence-corrected chi connectivity index (χ2v) is 7.72. The van der Waals surface area contributed by atoms with E-state index < -0.39 is 5.92 Å². The first-order chi connectivity index (χ1) is 13.8. The van der Waals surface area contributed by atoms with E-state index in [4.69, 9.17) is 0 Å². The van der Waals surface area contributed by atoms with E-state index in [2.05, 4.69) is 28.6 Å². The molecular weight excluding hydrogens is 364 g/mol. The van der Waals surface area contributed by atoms with Crippen LogP contribution in [0.1, 0.15) is 30.4 Å². The molecule has 0 saturated carbocycles. The number of amides is 1. The molecule has 0 fully saturated rings. The van der Waals surface area contributed by atoms with E-state index in [1.807, 2.05) is 72.8 Å². The van der Waals surface area contributed by atoms with Gasteiger partial charge in [-0.25, -0.2) is 0 Å². The van der Waals surface area contributed by atoms with Gasteiger partial charge in [0.05, 0.1) is 16.1 Å². The van der Waals surface area contributed by atoms with Crippen LogP contribution >= 0.6 is 11.3 Å². The quantitative estimate of drug-likeness (QED) is 0.454. The third-order valence-corrected chi connectivity index (χ3v) is 5.81. The number of aromatic nitrogens is 1. The summed E-state index contributed by atoms with van der Waals surface area (Å²) in [5.74, 6) is -0.531. The van der Waals surface area contributed by atoms with Gasteiger partial charge in [0, 0.05) is 6.54 Å². The van der Waals surface area contributed by atoms with Crippen molar-refractivity contribution in [1.29, 1.82) is 0 Å². The third-order valence-electron chi connectivity index (χ3n) is 4.75. The molecule has 3 nitrogen and oxygen atoms in total. The molecule has 4 heteroatoms. The van der Waals surface area contributed by atoms with Gasteiger partial charge in [0.15, 0.2) is 4.80 Å². The van der Waals surface area contributed by atoms with Crippen molar-refractivity contribution in [2.45, 2.75) is 25.8 Å². The molecule has 0 saturated heterocycles. The van der Waals surface area contributed by atoms with E-state index in [0.29, 0.717) is 0 Å². The van der Waals surface area contributed by atoms with Gasteiger partial charge in [-0.3, -0.25) is 4.79 Å². The number of nitrogens with zero attached hydrogens (tertiary/aromatic N) is 2. The Bertz CT molecular complexity index is 1100. The summed E-state index contributed by atoms with van der Waals surface area (Å²) in [5, 5.41) is 0. The molecule has 0 aliphatic rings. The maximum Gasteiger partial charge on any atom is 0.260 e. The first-order valence-electron chi connectivity index (χ1n) is 9.54. The lowest BCUT2D eigenvalue weighted by molar-refractivity contribution is -0.118. The van der Waals surface area contributed by atoms with Crippen molar-refractivity contribution < 1.29 is 4.79 Å². The van der Waals surface area contributed by atoms with E-state index in [0.717, 1.165) is 39.1 Å². The van der Waals surface area contributed by atoms with Gasteiger partial charge in [-0.2, -0.15) is 4.99 Å². The third kappa shape index (κ3) is 3.69. The van der Waals surface area contributed by atoms with Gasteiger partial charge >= 0.3 is 0 Å². The molecule has 0 unspecified atom stereocenters. The number of para-hydroxylation sites is 1. The Hall–Kier alpha value is -2.98. The maximum absolute atomic E-state index is 13.4. The van der Waals surface area contributed by atoms with E-state index >= 15 is 0 Å². The standard InChI is InChI=1S/C24H22N2OS/c1-2-17-26-20-15-9-10-16-21(20)28-24(26)25-23(27)22(18-11-5-3-6-12-18)19-13-7-4-8-14-19/h3-16,22H,2,17H2,1H3. The van der Waals surface area contributed by atoms with Crippen molar-refractivity contribution in [2.24, 2.45) is 4.99 Å². The molecule has 0 spiro atoms. The number of fused-ring (bicyclic) bond motifs is 1. The van der Waals surface area contributed by atoms with Crippen molar-refractivity contribution in [1.82, 2.24) is 4.57 Å². The molecule has 140 valence electrons. The fraction of sp³-hybridized carbons (Fsp3) is 0.167. The highest BCUT2D eigenvalue weighted by molar-refractivity contribution is 7.16. The predicted octanol–water partition coefficient (Wildman–Crippen LogP) is 5.37. The van der Waals surface area contributed by atoms with Crippen LogP contribution in [0.5, 0.6) is 0 Å². The second-order valence-electron chi connectivity index (χ2n) is 6.71. The van der Waals surface area contributed by atoms with Crippen molar-refractivity contribution in [3.63, 3.8) is 0 Å². The largest absolute Gasteiger partial charge is 0.316 e. The summed E-state index contributed by atoms with van der Waals surface area (Å²) < 4.78 is 3.31. The van der Waals surface area contributed by atoms with E-state index in [1.54, 1.807) is 11.3 Å². The average Bonchev–Trinajstić information content (AvgIpc) is 3.07. The SMILES string of the molecule is CCCn1c(=NC(=O)C(c2ccccc2)c2ccccc2)sc2ccccc21. The maximum atomic E-state index is 13.4. The normalized spacial score (nSPS) is 12.0. The smallest absolute Gasteiger partial charge is 0.260 e. The topological polar surface area (TPSA) is 34.4 Å². The molecule has 4 aromatic rings. The molecule has 0 N–H and O–H groups in total. The molecule has 1 heterocycles. The van der Waals surface area contributed by atoms with Crippen molar-refractivity contribution in [3.05, 3.63) is 101 Å². The van der Waals surface area contributed by atoms with Crippen molar-refractivity contribution in [2.75, 3.05) is 0 Å². The lowest BCUT2D eigenvalue weighted by Gasteiger charge is -2.14. The molecule has 4 rings (SSSR count). The minimum Gasteiger partial charge on any atom is -0.316 e. The van der Waals surface area contributed by atoms with Gasteiger partial charge in [0.1, 0.15) is 0 Å². The first-order valence-corrected chi connectivity index (χ1v) is 10.4. The van der Waals surface area contributed by atoms with Gasteiger partial charge in [-0.05, 0) is 29.7 Å². The summed E-state index contributed by atoms with van der Waals surface area (Å²) >= 11 is 1.58. The zero-order valence-corrected chi connectivity index (χ0v) is 16.6. The molecule has 0 aliphatic heterocycles. The van der Waals surface area contributed by atoms with Crippen molar-refractivity contribution >= 4 is 27.5 Å². The Morgan fingerprint density at radius 3 is 2.07 bits per heavy atom. The van der Waals surface area contributed by atoms with Crippen molar-refractivity contribution in [3.8, 4) is 0 Å².